The summed E-state index contributed by atoms with van der Waals surface area (Å²) < 4.78 is 0. The van der Waals surface area contributed by atoms with Crippen molar-refractivity contribution in [3.05, 3.63) is 79.9 Å². The molecule has 0 N–H and O–H groups in total. The molecule has 0 radical (unpaired) electrons. The van der Waals surface area contributed by atoms with E-state index in [9.17, 15) is 0 Å². The van der Waals surface area contributed by atoms with Crippen LogP contribution in [0.5, 0.6) is 0 Å². The molecule has 0 saturated carbocycles. The van der Waals surface area contributed by atoms with Gasteiger partial charge in [0.25, 0.3) is 0 Å². The van der Waals surface area contributed by atoms with Crippen molar-refractivity contribution in [3.8, 4) is 0 Å². The van der Waals surface area contributed by atoms with Crippen LogP contribution in [-0.4, -0.2) is 47.2 Å². The maximum absolute atomic E-state index is 2.52. The van der Waals surface area contributed by atoms with Gasteiger partial charge in [-0.05, 0) is 84.0 Å². The van der Waals surface area contributed by atoms with Gasteiger partial charge in [0, 0.05) is 21.4 Å². The Morgan fingerprint density at radius 2 is 1.00 bits per heavy atom. The molecule has 4 rings (SSSR count). The van der Waals surface area contributed by atoms with Gasteiger partial charge in [-0.25, -0.2) is 0 Å². The predicted molar refractivity (Wildman–Crippen MR) is 156 cm³/mol. The molecule has 2 atom stereocenters. The molecule has 0 amide bonds. The Kier molecular flexibility index (Phi) is 9.85. The van der Waals surface area contributed by atoms with Gasteiger partial charge in [0.05, 0.1) is 0 Å². The van der Waals surface area contributed by atoms with Crippen LogP contribution in [0.3, 0.4) is 0 Å². The molecule has 0 fully saturated rings. The summed E-state index contributed by atoms with van der Waals surface area (Å²) in [6.07, 6.45) is 4.95. The summed E-state index contributed by atoms with van der Waals surface area (Å²) in [5, 5.41) is 0. The zero-order chi connectivity index (χ0) is 22.4. The Balaban J connectivity index is 0.00000193. The third-order valence-corrected chi connectivity index (χ3v) is 9.77. The first kappa shape index (κ1) is 28.6. The van der Waals surface area contributed by atoms with Crippen LogP contribution in [0.15, 0.2) is 35.4 Å². The molecule has 0 spiro atoms. The average Bonchev–Trinajstić information content (AvgIpc) is 3.19. The van der Waals surface area contributed by atoms with Gasteiger partial charge >= 0.3 is 37.7 Å². The predicted octanol–water partition coefficient (Wildman–Crippen LogP) is 6.96. The molecule has 3 heteroatoms. The number of rotatable bonds is 6. The van der Waals surface area contributed by atoms with Gasteiger partial charge in [0.15, 0.2) is 0 Å². The van der Waals surface area contributed by atoms with E-state index in [0.717, 1.165) is 0 Å². The zero-order valence-corrected chi connectivity index (χ0v) is 22.3. The molecule has 33 heavy (non-hydrogen) atoms. The maximum atomic E-state index is 2.52. The molecule has 168 valence electrons. The third kappa shape index (κ3) is 5.61. The minimum absolute atomic E-state index is 0. The molecule has 2 aliphatic carbocycles. The summed E-state index contributed by atoms with van der Waals surface area (Å²) in [5.41, 5.74) is 15.4. The first-order valence-electron chi connectivity index (χ1n) is 12.3. The third-order valence-electron chi connectivity index (χ3n) is 7.80. The van der Waals surface area contributed by atoms with E-state index in [1.807, 2.05) is 0 Å². The number of hydrogen-bond donors (Lipinski definition) is 0. The van der Waals surface area contributed by atoms with Crippen molar-refractivity contribution >= 4 is 59.4 Å². The quantitative estimate of drug-likeness (QED) is 0.423. The Morgan fingerprint density at radius 3 is 1.33 bits per heavy atom. The van der Waals surface area contributed by atoms with Crippen LogP contribution in [0.2, 0.25) is 12.1 Å². The summed E-state index contributed by atoms with van der Waals surface area (Å²) in [6, 6.07) is 12.7. The zero-order valence-electron chi connectivity index (χ0n) is 20.9. The molecule has 0 heterocycles. The van der Waals surface area contributed by atoms with Crippen LogP contribution in [0.25, 0.3) is 12.2 Å². The van der Waals surface area contributed by atoms with Crippen molar-refractivity contribution in [2.24, 2.45) is 0 Å². The fourth-order valence-electron chi connectivity index (χ4n) is 5.79. The number of benzene rings is 2. The van der Waals surface area contributed by atoms with Crippen LogP contribution < -0.4 is 0 Å². The fourth-order valence-corrected chi connectivity index (χ4v) is 8.37. The number of hydrogen-bond acceptors (Lipinski definition) is 0. The van der Waals surface area contributed by atoms with Crippen molar-refractivity contribution in [1.29, 1.82) is 0 Å². The molecule has 0 nitrogen and oxygen atoms in total. The molecule has 0 bridgehead atoms. The van der Waals surface area contributed by atoms with E-state index in [2.05, 4.69) is 91.8 Å². The van der Waals surface area contributed by atoms with E-state index in [1.165, 1.54) is 45.5 Å². The van der Waals surface area contributed by atoms with Crippen LogP contribution in [0.4, 0.5) is 0 Å². The van der Waals surface area contributed by atoms with Gasteiger partial charge < -0.3 is 0 Å². The molecule has 0 aromatic heterocycles. The molecule has 2 unspecified atom stereocenters. The van der Waals surface area contributed by atoms with E-state index in [1.54, 1.807) is 22.3 Å². The van der Waals surface area contributed by atoms with Gasteiger partial charge in [-0.3, -0.25) is 0 Å². The SMILES string of the molecule is CC1=Cc2c(C)cc(C(C)C)cc2C1C[SiH2]CC1C(C)=Cc2c(C)cc(C(C)C)cc21.[LiH].[LiH]. The number of aryl methyl sites for hydroxylation is 2. The standard InChI is InChI=1S/C30H40Si.2Li.2H/c1-17(2)23-9-19(5)25-11-21(7)29(27(25)13-23)15-31-16-30-22(8)12-26-20(6)10-24(18(3)4)14-28(26)30;;;;/h9-14,17-18,29-30H,15-16,31H2,1-8H3;;;;. The molecule has 2 aliphatic rings. The normalized spacial score (nSPS) is 18.8. The van der Waals surface area contributed by atoms with Crippen molar-refractivity contribution in [1.82, 2.24) is 0 Å². The Morgan fingerprint density at radius 1 is 0.636 bits per heavy atom. The van der Waals surface area contributed by atoms with Crippen molar-refractivity contribution in [3.63, 3.8) is 0 Å². The molecule has 2 aromatic rings. The van der Waals surface area contributed by atoms with E-state index in [4.69, 9.17) is 0 Å². The summed E-state index contributed by atoms with van der Waals surface area (Å²) in [4.78, 5) is 0. The Labute approximate surface area is 229 Å². The minimum atomic E-state index is -0.160. The number of fused-ring (bicyclic) bond motifs is 2. The molecule has 0 saturated heterocycles. The summed E-state index contributed by atoms with van der Waals surface area (Å²) in [5.74, 6) is 2.52. The van der Waals surface area contributed by atoms with Crippen molar-refractivity contribution in [2.75, 3.05) is 0 Å². The molecule has 2 aromatic carbocycles. The second kappa shape index (κ2) is 11.4. The van der Waals surface area contributed by atoms with E-state index < -0.39 is 0 Å². The second-order valence-electron chi connectivity index (χ2n) is 10.8. The van der Waals surface area contributed by atoms with Gasteiger partial charge in [-0.1, -0.05) is 87.3 Å². The summed E-state index contributed by atoms with van der Waals surface area (Å²) in [7, 11) is -0.160. The van der Waals surface area contributed by atoms with Crippen LogP contribution in [-0.2, 0) is 0 Å². The van der Waals surface area contributed by atoms with E-state index in [-0.39, 0.29) is 47.2 Å². The Hall–Kier alpha value is -0.668. The first-order chi connectivity index (χ1) is 14.7. The Bertz CT molecular complexity index is 990. The second-order valence-corrected chi connectivity index (χ2v) is 12.7. The van der Waals surface area contributed by atoms with Crippen molar-refractivity contribution in [2.45, 2.75) is 91.1 Å². The first-order valence-corrected chi connectivity index (χ1v) is 14.3. The van der Waals surface area contributed by atoms with E-state index in [0.29, 0.717) is 23.7 Å². The summed E-state index contributed by atoms with van der Waals surface area (Å²) in [6.45, 7) is 18.6. The van der Waals surface area contributed by atoms with Crippen molar-refractivity contribution < 1.29 is 0 Å². The van der Waals surface area contributed by atoms with E-state index >= 15 is 0 Å². The fraction of sp³-hybridized carbons (Fsp3) is 0.467. The van der Waals surface area contributed by atoms with Gasteiger partial charge in [0.1, 0.15) is 0 Å². The summed E-state index contributed by atoms with van der Waals surface area (Å²) >= 11 is 0. The van der Waals surface area contributed by atoms with Gasteiger partial charge in [-0.15, -0.1) is 0 Å². The molecular formula is C30H42Li2Si. The topological polar surface area (TPSA) is 0 Å². The van der Waals surface area contributed by atoms with Crippen LogP contribution in [0, 0.1) is 13.8 Å². The van der Waals surface area contributed by atoms with Gasteiger partial charge in [-0.2, -0.15) is 0 Å². The number of allylic oxidation sites excluding steroid dienone is 2. The van der Waals surface area contributed by atoms with Gasteiger partial charge in [0.2, 0.25) is 0 Å². The van der Waals surface area contributed by atoms with Crippen LogP contribution in [0.1, 0.15) is 110 Å². The van der Waals surface area contributed by atoms with Crippen LogP contribution >= 0.6 is 0 Å². The molecule has 0 aliphatic heterocycles. The monoisotopic (exact) mass is 444 g/mol. The molecular weight excluding hydrogens is 402 g/mol. The average molecular weight is 445 g/mol.